The molecule has 0 aliphatic carbocycles. The van der Waals surface area contributed by atoms with Gasteiger partial charge in [0.25, 0.3) is 5.69 Å². The normalized spacial score (nSPS) is 10.4. The van der Waals surface area contributed by atoms with E-state index in [-0.39, 0.29) is 12.2 Å². The van der Waals surface area contributed by atoms with Gasteiger partial charge in [-0.15, -0.1) is 0 Å². The van der Waals surface area contributed by atoms with Gasteiger partial charge in [-0.25, -0.2) is 14.2 Å². The van der Waals surface area contributed by atoms with Crippen LogP contribution in [0.4, 0.5) is 10.1 Å². The molecule has 1 aromatic heterocycles. The number of hydrogen-bond donors (Lipinski definition) is 1. The number of rotatable bonds is 5. The number of aryl methyl sites for hydroxylation is 1. The Kier molecular flexibility index (Phi) is 4.44. The number of carbonyl (C=O) groups excluding carboxylic acids is 2. The molecule has 9 nitrogen and oxygen atoms in total. The van der Waals surface area contributed by atoms with Gasteiger partial charge in [-0.3, -0.25) is 20.0 Å². The molecule has 1 heterocycles. The van der Waals surface area contributed by atoms with Crippen molar-refractivity contribution in [3.8, 4) is 0 Å². The minimum atomic E-state index is -1.05. The molecule has 2 aromatic rings. The average Bonchev–Trinajstić information content (AvgIpc) is 2.90. The number of H-pyrrole nitrogens is 1. The monoisotopic (exact) mass is 322 g/mol. The van der Waals surface area contributed by atoms with Crippen molar-refractivity contribution in [2.45, 2.75) is 13.3 Å². The van der Waals surface area contributed by atoms with Crippen LogP contribution >= 0.6 is 0 Å². The highest BCUT2D eigenvalue weighted by molar-refractivity contribution is 6.09. The number of ether oxygens (including phenoxy) is 1. The van der Waals surface area contributed by atoms with Gasteiger partial charge in [0.05, 0.1) is 30.1 Å². The van der Waals surface area contributed by atoms with Gasteiger partial charge in [0.2, 0.25) is 0 Å². The SMILES string of the molecule is COC(=O)c1cc(F)cc([N+](=O)[O-])c1C(=O)Cc1n[nH]c(C)n1. The maximum atomic E-state index is 13.5. The standard InChI is InChI=1S/C13H11FN4O5/c1-6-15-11(17-16-6)5-10(19)12-8(13(20)23-2)3-7(14)4-9(12)18(21)22/h3-4H,5H2,1-2H3,(H,15,16,17). The summed E-state index contributed by atoms with van der Waals surface area (Å²) in [5.41, 5.74) is -1.87. The summed E-state index contributed by atoms with van der Waals surface area (Å²) in [7, 11) is 1.02. The van der Waals surface area contributed by atoms with Crippen LogP contribution in [0.25, 0.3) is 0 Å². The fraction of sp³-hybridized carbons (Fsp3) is 0.231. The molecule has 0 saturated carbocycles. The zero-order valence-corrected chi connectivity index (χ0v) is 12.1. The molecule has 0 fully saturated rings. The molecule has 0 radical (unpaired) electrons. The fourth-order valence-corrected chi connectivity index (χ4v) is 2.00. The predicted octanol–water partition coefficient (Wildman–Crippen LogP) is 1.37. The topological polar surface area (TPSA) is 128 Å². The summed E-state index contributed by atoms with van der Waals surface area (Å²) >= 11 is 0. The van der Waals surface area contributed by atoms with Crippen molar-refractivity contribution < 1.29 is 23.6 Å². The van der Waals surface area contributed by atoms with Crippen molar-refractivity contribution >= 4 is 17.4 Å². The first-order valence-corrected chi connectivity index (χ1v) is 6.30. The van der Waals surface area contributed by atoms with Crippen LogP contribution in [0.5, 0.6) is 0 Å². The molecule has 120 valence electrons. The minimum absolute atomic E-state index is 0.0990. The Hall–Kier alpha value is -3.17. The third kappa shape index (κ3) is 3.36. The lowest BCUT2D eigenvalue weighted by Gasteiger charge is -2.07. The first-order chi connectivity index (χ1) is 10.8. The zero-order chi connectivity index (χ0) is 17.1. The van der Waals surface area contributed by atoms with Crippen LogP contribution in [0.3, 0.4) is 0 Å². The second kappa shape index (κ2) is 6.30. The number of hydrogen-bond acceptors (Lipinski definition) is 7. The third-order valence-corrected chi connectivity index (χ3v) is 2.93. The van der Waals surface area contributed by atoms with Gasteiger partial charge in [-0.2, -0.15) is 5.10 Å². The van der Waals surface area contributed by atoms with E-state index in [4.69, 9.17) is 0 Å². The summed E-state index contributed by atoms with van der Waals surface area (Å²) in [5, 5.41) is 17.4. The Morgan fingerprint density at radius 2 is 2.13 bits per heavy atom. The molecule has 1 N–H and O–H groups in total. The van der Waals surface area contributed by atoms with Crippen LogP contribution in [0.2, 0.25) is 0 Å². The van der Waals surface area contributed by atoms with Crippen molar-refractivity contribution in [3.05, 3.63) is 50.8 Å². The van der Waals surface area contributed by atoms with Crippen molar-refractivity contribution in [2.75, 3.05) is 7.11 Å². The van der Waals surface area contributed by atoms with Crippen molar-refractivity contribution in [1.29, 1.82) is 0 Å². The number of carbonyl (C=O) groups is 2. The van der Waals surface area contributed by atoms with Gasteiger partial charge in [-0.05, 0) is 13.0 Å². The van der Waals surface area contributed by atoms with Crippen LogP contribution in [-0.2, 0) is 11.2 Å². The Bertz CT molecular complexity index is 802. The van der Waals surface area contributed by atoms with Gasteiger partial charge in [0, 0.05) is 0 Å². The van der Waals surface area contributed by atoms with Crippen LogP contribution in [0.1, 0.15) is 32.4 Å². The number of nitrogens with zero attached hydrogens (tertiary/aromatic N) is 3. The molecule has 0 saturated heterocycles. The number of nitro benzene ring substituents is 1. The zero-order valence-electron chi connectivity index (χ0n) is 12.1. The molecule has 0 bridgehead atoms. The summed E-state index contributed by atoms with van der Waals surface area (Å²) < 4.78 is 18.0. The van der Waals surface area contributed by atoms with Gasteiger partial charge < -0.3 is 4.74 Å². The first-order valence-electron chi connectivity index (χ1n) is 6.30. The van der Waals surface area contributed by atoms with Gasteiger partial charge in [-0.1, -0.05) is 0 Å². The highest BCUT2D eigenvalue weighted by atomic mass is 19.1. The number of nitrogens with one attached hydrogen (secondary N) is 1. The Morgan fingerprint density at radius 1 is 1.43 bits per heavy atom. The van der Waals surface area contributed by atoms with Gasteiger partial charge in [0.15, 0.2) is 11.6 Å². The lowest BCUT2D eigenvalue weighted by molar-refractivity contribution is -0.385. The summed E-state index contributed by atoms with van der Waals surface area (Å²) in [6.07, 6.45) is -0.388. The molecule has 2 rings (SSSR count). The molecule has 0 amide bonds. The maximum Gasteiger partial charge on any atom is 0.338 e. The Morgan fingerprint density at radius 3 is 2.65 bits per heavy atom. The van der Waals surface area contributed by atoms with E-state index in [1.165, 1.54) is 0 Å². The number of benzene rings is 1. The first kappa shape index (κ1) is 16.2. The largest absolute Gasteiger partial charge is 0.465 e. The third-order valence-electron chi connectivity index (χ3n) is 2.93. The summed E-state index contributed by atoms with van der Waals surface area (Å²) in [4.78, 5) is 38.2. The second-order valence-electron chi connectivity index (χ2n) is 4.53. The van der Waals surface area contributed by atoms with E-state index < -0.39 is 39.3 Å². The molecule has 0 aliphatic heterocycles. The van der Waals surface area contributed by atoms with E-state index in [0.717, 1.165) is 13.2 Å². The quantitative estimate of drug-likeness (QED) is 0.381. The number of halogens is 1. The number of methoxy groups -OCH3 is 1. The number of Topliss-reactive ketones (excluding diaryl/α,β-unsaturated/α-hetero) is 1. The molecular formula is C13H11FN4O5. The molecule has 0 unspecified atom stereocenters. The molecule has 10 heteroatoms. The molecular weight excluding hydrogens is 311 g/mol. The van der Waals surface area contributed by atoms with E-state index >= 15 is 0 Å². The lowest BCUT2D eigenvalue weighted by atomic mass is 9.99. The van der Waals surface area contributed by atoms with Gasteiger partial charge >= 0.3 is 5.97 Å². The highest BCUT2D eigenvalue weighted by Gasteiger charge is 2.30. The summed E-state index contributed by atoms with van der Waals surface area (Å²) in [5.74, 6) is -2.32. The number of aromatic amines is 1. The fourth-order valence-electron chi connectivity index (χ4n) is 2.00. The number of nitro groups is 1. The van der Waals surface area contributed by atoms with Crippen LogP contribution < -0.4 is 0 Å². The average molecular weight is 322 g/mol. The van der Waals surface area contributed by atoms with E-state index in [1.807, 2.05) is 0 Å². The Labute approximate surface area is 128 Å². The summed E-state index contributed by atoms with van der Waals surface area (Å²) in [6, 6.07) is 1.29. The number of ketones is 1. The van der Waals surface area contributed by atoms with E-state index in [0.29, 0.717) is 11.9 Å². The number of esters is 1. The Balaban J connectivity index is 2.55. The van der Waals surface area contributed by atoms with Crippen LogP contribution in [-0.4, -0.2) is 39.0 Å². The van der Waals surface area contributed by atoms with E-state index in [1.54, 1.807) is 6.92 Å². The second-order valence-corrected chi connectivity index (χ2v) is 4.53. The van der Waals surface area contributed by atoms with Crippen molar-refractivity contribution in [3.63, 3.8) is 0 Å². The lowest BCUT2D eigenvalue weighted by Crippen LogP contribution is -2.16. The van der Waals surface area contributed by atoms with E-state index in [2.05, 4.69) is 19.9 Å². The number of aromatic nitrogens is 3. The predicted molar refractivity (Wildman–Crippen MR) is 73.5 cm³/mol. The minimum Gasteiger partial charge on any atom is -0.465 e. The smallest absolute Gasteiger partial charge is 0.338 e. The molecule has 1 aromatic carbocycles. The highest BCUT2D eigenvalue weighted by Crippen LogP contribution is 2.26. The summed E-state index contributed by atoms with van der Waals surface area (Å²) in [6.45, 7) is 1.61. The van der Waals surface area contributed by atoms with E-state index in [9.17, 15) is 24.1 Å². The van der Waals surface area contributed by atoms with Crippen molar-refractivity contribution in [1.82, 2.24) is 15.2 Å². The van der Waals surface area contributed by atoms with Crippen LogP contribution in [0, 0.1) is 22.9 Å². The van der Waals surface area contributed by atoms with Crippen molar-refractivity contribution in [2.24, 2.45) is 0 Å². The maximum absolute atomic E-state index is 13.5. The molecule has 23 heavy (non-hydrogen) atoms. The van der Waals surface area contributed by atoms with Crippen LogP contribution in [0.15, 0.2) is 12.1 Å². The molecule has 0 aliphatic rings. The molecule has 0 atom stereocenters. The van der Waals surface area contributed by atoms with Gasteiger partial charge in [0.1, 0.15) is 17.2 Å². The molecule has 0 spiro atoms.